The van der Waals surface area contributed by atoms with Gasteiger partial charge in [-0.1, -0.05) is 6.92 Å². The van der Waals surface area contributed by atoms with Crippen molar-refractivity contribution in [2.75, 3.05) is 26.2 Å². The third-order valence-corrected chi connectivity index (χ3v) is 5.10. The van der Waals surface area contributed by atoms with Crippen molar-refractivity contribution >= 4 is 5.91 Å². The van der Waals surface area contributed by atoms with Crippen molar-refractivity contribution in [3.8, 4) is 11.5 Å². The fourth-order valence-electron chi connectivity index (χ4n) is 3.58. The first-order valence-corrected chi connectivity index (χ1v) is 9.49. The molecule has 25 heavy (non-hydrogen) atoms. The molecule has 1 atom stereocenters. The molecular formula is C20H30N2O3. The van der Waals surface area contributed by atoms with Crippen LogP contribution < -0.4 is 14.8 Å². The molecule has 1 fully saturated rings. The number of carbonyl (C=O) groups excluding carboxylic acids is 1. The second-order valence-corrected chi connectivity index (χ2v) is 7.37. The molecule has 1 aromatic carbocycles. The van der Waals surface area contributed by atoms with E-state index in [2.05, 4.69) is 30.1 Å². The van der Waals surface area contributed by atoms with Crippen LogP contribution in [0.25, 0.3) is 0 Å². The minimum Gasteiger partial charge on any atom is -0.494 e. The zero-order valence-corrected chi connectivity index (χ0v) is 15.6. The van der Waals surface area contributed by atoms with Gasteiger partial charge in [-0.25, -0.2) is 0 Å². The summed E-state index contributed by atoms with van der Waals surface area (Å²) in [6, 6.07) is 4.09. The van der Waals surface area contributed by atoms with Gasteiger partial charge in [0.15, 0.2) is 0 Å². The van der Waals surface area contributed by atoms with Gasteiger partial charge in [-0.3, -0.25) is 9.69 Å². The van der Waals surface area contributed by atoms with Gasteiger partial charge < -0.3 is 14.8 Å². The Morgan fingerprint density at radius 2 is 2.08 bits per heavy atom. The molecule has 0 bridgehead atoms. The van der Waals surface area contributed by atoms with Crippen LogP contribution in [0.4, 0.5) is 0 Å². The van der Waals surface area contributed by atoms with E-state index in [1.807, 2.05) is 13.0 Å². The normalized spacial score (nSPS) is 20.8. The Bertz CT molecular complexity index is 609. The van der Waals surface area contributed by atoms with Crippen LogP contribution in [0.5, 0.6) is 11.5 Å². The van der Waals surface area contributed by atoms with Gasteiger partial charge in [0.1, 0.15) is 17.6 Å². The highest BCUT2D eigenvalue weighted by molar-refractivity contribution is 5.78. The van der Waals surface area contributed by atoms with Crippen LogP contribution in [0.1, 0.15) is 44.7 Å². The molecule has 138 valence electrons. The molecule has 5 heteroatoms. The Morgan fingerprint density at radius 1 is 1.32 bits per heavy atom. The lowest BCUT2D eigenvalue weighted by atomic mass is 9.99. The summed E-state index contributed by atoms with van der Waals surface area (Å²) in [5, 5.41) is 3.04. The molecule has 0 saturated carbocycles. The molecule has 1 N–H and O–H groups in total. The number of rotatable bonds is 6. The standard InChI is InChI=1S/C20H30N2O3/c1-4-24-18-10-16-9-15(3)25-19(16)11-17(18)12-21-20(23)13-22-7-5-14(2)6-8-22/h10-11,14-15H,4-9,12-13H2,1-3H3,(H,21,23). The largest absolute Gasteiger partial charge is 0.494 e. The number of fused-ring (bicyclic) bond motifs is 1. The summed E-state index contributed by atoms with van der Waals surface area (Å²) in [7, 11) is 0. The van der Waals surface area contributed by atoms with Crippen LogP contribution in [0, 0.1) is 5.92 Å². The summed E-state index contributed by atoms with van der Waals surface area (Å²) in [6.45, 7) is 9.93. The van der Waals surface area contributed by atoms with Crippen molar-refractivity contribution in [1.82, 2.24) is 10.2 Å². The molecule has 0 aromatic heterocycles. The predicted octanol–water partition coefficient (Wildman–Crippen LogP) is 2.76. The van der Waals surface area contributed by atoms with Gasteiger partial charge in [-0.2, -0.15) is 0 Å². The van der Waals surface area contributed by atoms with Gasteiger partial charge in [-0.05, 0) is 57.8 Å². The Morgan fingerprint density at radius 3 is 2.80 bits per heavy atom. The van der Waals surface area contributed by atoms with E-state index in [0.29, 0.717) is 19.7 Å². The molecule has 1 amide bonds. The Balaban J connectivity index is 1.58. The van der Waals surface area contributed by atoms with Crippen molar-refractivity contribution in [2.45, 2.75) is 52.7 Å². The number of nitrogens with zero attached hydrogens (tertiary/aromatic N) is 1. The predicted molar refractivity (Wildman–Crippen MR) is 98.1 cm³/mol. The van der Waals surface area contributed by atoms with Gasteiger partial charge >= 0.3 is 0 Å². The van der Waals surface area contributed by atoms with Gasteiger partial charge in [-0.15, -0.1) is 0 Å². The molecule has 1 saturated heterocycles. The fourth-order valence-corrected chi connectivity index (χ4v) is 3.58. The first kappa shape index (κ1) is 18.1. The molecule has 1 unspecified atom stereocenters. The van der Waals surface area contributed by atoms with Crippen LogP contribution in [-0.4, -0.2) is 43.2 Å². The fraction of sp³-hybridized carbons (Fsp3) is 0.650. The summed E-state index contributed by atoms with van der Waals surface area (Å²) in [4.78, 5) is 14.5. The van der Waals surface area contributed by atoms with E-state index in [0.717, 1.165) is 42.5 Å². The average molecular weight is 346 g/mol. The van der Waals surface area contributed by atoms with E-state index < -0.39 is 0 Å². The molecule has 2 aliphatic heterocycles. The molecule has 5 nitrogen and oxygen atoms in total. The number of benzene rings is 1. The Hall–Kier alpha value is -1.75. The molecule has 0 radical (unpaired) electrons. The summed E-state index contributed by atoms with van der Waals surface area (Å²) in [6.07, 6.45) is 3.48. The van der Waals surface area contributed by atoms with Crippen molar-refractivity contribution in [1.29, 1.82) is 0 Å². The van der Waals surface area contributed by atoms with E-state index in [9.17, 15) is 4.79 Å². The van der Waals surface area contributed by atoms with Crippen LogP contribution in [0.3, 0.4) is 0 Å². The Kier molecular flexibility index (Phi) is 5.84. The second-order valence-electron chi connectivity index (χ2n) is 7.37. The van der Waals surface area contributed by atoms with E-state index in [-0.39, 0.29) is 12.0 Å². The number of piperidine rings is 1. The summed E-state index contributed by atoms with van der Waals surface area (Å²) >= 11 is 0. The number of nitrogens with one attached hydrogen (secondary N) is 1. The topological polar surface area (TPSA) is 50.8 Å². The average Bonchev–Trinajstić information content (AvgIpc) is 2.94. The second kappa shape index (κ2) is 8.09. The lowest BCUT2D eigenvalue weighted by Crippen LogP contribution is -2.41. The summed E-state index contributed by atoms with van der Waals surface area (Å²) in [5.41, 5.74) is 2.17. The number of likely N-dealkylation sites (tertiary alicyclic amines) is 1. The van der Waals surface area contributed by atoms with Crippen molar-refractivity contribution in [3.63, 3.8) is 0 Å². The van der Waals surface area contributed by atoms with Crippen LogP contribution in [0.15, 0.2) is 12.1 Å². The smallest absolute Gasteiger partial charge is 0.234 e. The lowest BCUT2D eigenvalue weighted by Gasteiger charge is -2.29. The third kappa shape index (κ3) is 4.66. The van der Waals surface area contributed by atoms with E-state index >= 15 is 0 Å². The molecule has 0 spiro atoms. The maximum absolute atomic E-state index is 12.3. The minimum atomic E-state index is 0.0757. The van der Waals surface area contributed by atoms with Crippen LogP contribution in [0.2, 0.25) is 0 Å². The molecular weight excluding hydrogens is 316 g/mol. The third-order valence-electron chi connectivity index (χ3n) is 5.10. The van der Waals surface area contributed by atoms with E-state index in [1.165, 1.54) is 18.4 Å². The first-order valence-electron chi connectivity index (χ1n) is 9.49. The van der Waals surface area contributed by atoms with Crippen LogP contribution in [-0.2, 0) is 17.8 Å². The highest BCUT2D eigenvalue weighted by Crippen LogP contribution is 2.35. The molecule has 2 heterocycles. The van der Waals surface area contributed by atoms with Crippen molar-refractivity contribution in [2.24, 2.45) is 5.92 Å². The number of hydrogen-bond acceptors (Lipinski definition) is 4. The number of ether oxygens (including phenoxy) is 2. The maximum Gasteiger partial charge on any atom is 0.234 e. The first-order chi connectivity index (χ1) is 12.0. The lowest BCUT2D eigenvalue weighted by molar-refractivity contribution is -0.122. The SMILES string of the molecule is CCOc1cc2c(cc1CNC(=O)CN1CCC(C)CC1)OC(C)C2. The zero-order valence-electron chi connectivity index (χ0n) is 15.6. The molecule has 2 aliphatic rings. The van der Waals surface area contributed by atoms with Crippen LogP contribution >= 0.6 is 0 Å². The molecule has 1 aromatic rings. The monoisotopic (exact) mass is 346 g/mol. The van der Waals surface area contributed by atoms with Gasteiger partial charge in [0.25, 0.3) is 0 Å². The van der Waals surface area contributed by atoms with Crippen molar-refractivity contribution in [3.05, 3.63) is 23.3 Å². The maximum atomic E-state index is 12.3. The molecule has 3 rings (SSSR count). The number of amides is 1. The zero-order chi connectivity index (χ0) is 17.8. The van der Waals surface area contributed by atoms with Gasteiger partial charge in [0, 0.05) is 24.1 Å². The van der Waals surface area contributed by atoms with Gasteiger partial charge in [0.05, 0.1) is 13.2 Å². The quantitative estimate of drug-likeness (QED) is 0.860. The summed E-state index contributed by atoms with van der Waals surface area (Å²) < 4.78 is 11.6. The number of carbonyl (C=O) groups is 1. The van der Waals surface area contributed by atoms with Crippen molar-refractivity contribution < 1.29 is 14.3 Å². The van der Waals surface area contributed by atoms with E-state index in [1.54, 1.807) is 0 Å². The summed E-state index contributed by atoms with van der Waals surface area (Å²) in [5.74, 6) is 2.63. The highest BCUT2D eigenvalue weighted by atomic mass is 16.5. The molecule has 0 aliphatic carbocycles. The minimum absolute atomic E-state index is 0.0757. The van der Waals surface area contributed by atoms with E-state index in [4.69, 9.17) is 9.47 Å². The highest BCUT2D eigenvalue weighted by Gasteiger charge is 2.22. The number of hydrogen-bond donors (Lipinski definition) is 1. The Labute approximate surface area is 150 Å². The van der Waals surface area contributed by atoms with Gasteiger partial charge in [0.2, 0.25) is 5.91 Å².